The predicted molar refractivity (Wildman–Crippen MR) is 84.5 cm³/mol. The summed E-state index contributed by atoms with van der Waals surface area (Å²) in [6, 6.07) is 0.0178. The molecule has 0 N–H and O–H groups in total. The van der Waals surface area contributed by atoms with Crippen molar-refractivity contribution < 1.29 is 4.79 Å². The first-order valence-corrected chi connectivity index (χ1v) is 8.18. The molecule has 2 aromatic rings. The molecule has 0 saturated carbocycles. The molecule has 116 valence electrons. The number of carbonyl (C=O) groups is 1. The van der Waals surface area contributed by atoms with Crippen molar-refractivity contribution in [2.24, 2.45) is 0 Å². The van der Waals surface area contributed by atoms with Crippen LogP contribution in [0.25, 0.3) is 0 Å². The highest BCUT2D eigenvalue weighted by atomic mass is 32.1. The summed E-state index contributed by atoms with van der Waals surface area (Å²) in [6.45, 7) is 1.51. The zero-order valence-electron chi connectivity index (χ0n) is 12.8. The molecule has 1 aliphatic rings. The van der Waals surface area contributed by atoms with Crippen molar-refractivity contribution in [1.82, 2.24) is 24.8 Å². The summed E-state index contributed by atoms with van der Waals surface area (Å²) in [6.07, 6.45) is 7.13. The second kappa shape index (κ2) is 6.50. The monoisotopic (exact) mass is 317 g/mol. The Hall–Kier alpha value is -1.86. The van der Waals surface area contributed by atoms with Gasteiger partial charge in [-0.3, -0.25) is 19.7 Å². The Morgan fingerprint density at radius 2 is 2.23 bits per heavy atom. The maximum absolute atomic E-state index is 12.6. The third-order valence-corrected chi connectivity index (χ3v) is 4.44. The molecule has 0 radical (unpaired) electrons. The minimum Gasteiger partial charge on any atom is -0.329 e. The van der Waals surface area contributed by atoms with E-state index in [-0.39, 0.29) is 11.9 Å². The number of likely N-dealkylation sites (tertiary alicyclic amines) is 1. The lowest BCUT2D eigenvalue weighted by Gasteiger charge is -2.24. The Kier molecular flexibility index (Phi) is 4.44. The van der Waals surface area contributed by atoms with Gasteiger partial charge in [0, 0.05) is 19.3 Å². The van der Waals surface area contributed by atoms with E-state index < -0.39 is 0 Å². The lowest BCUT2D eigenvalue weighted by atomic mass is 10.1. The average Bonchev–Trinajstić information content (AvgIpc) is 3.18. The molecule has 0 aromatic carbocycles. The van der Waals surface area contributed by atoms with Gasteiger partial charge in [-0.25, -0.2) is 0 Å². The number of amides is 1. The van der Waals surface area contributed by atoms with Crippen LogP contribution in [0.4, 0.5) is 0 Å². The number of carbonyl (C=O) groups excluding carboxylic acids is 1. The molecule has 7 heteroatoms. The molecular weight excluding hydrogens is 298 g/mol. The van der Waals surface area contributed by atoms with Crippen LogP contribution in [0, 0.1) is 0 Å². The summed E-state index contributed by atoms with van der Waals surface area (Å²) in [5, 5.41) is 0. The van der Waals surface area contributed by atoms with Gasteiger partial charge in [0.05, 0.1) is 35.3 Å². The van der Waals surface area contributed by atoms with Crippen LogP contribution in [0.3, 0.4) is 0 Å². The van der Waals surface area contributed by atoms with E-state index in [9.17, 15) is 4.79 Å². The molecule has 3 rings (SSSR count). The van der Waals surface area contributed by atoms with Crippen LogP contribution in [0.5, 0.6) is 0 Å². The van der Waals surface area contributed by atoms with Gasteiger partial charge in [-0.05, 0) is 26.9 Å². The number of aromatic nitrogens is 3. The number of thiazole rings is 1. The highest BCUT2D eigenvalue weighted by Gasteiger charge is 2.32. The van der Waals surface area contributed by atoms with E-state index in [1.54, 1.807) is 24.1 Å². The van der Waals surface area contributed by atoms with Gasteiger partial charge < -0.3 is 9.80 Å². The molecule has 1 unspecified atom stereocenters. The molecule has 1 atom stereocenters. The fourth-order valence-corrected chi connectivity index (χ4v) is 3.34. The minimum atomic E-state index is 0.0178. The fourth-order valence-electron chi connectivity index (χ4n) is 2.76. The molecule has 0 spiro atoms. The Bertz CT molecular complexity index is 643. The average molecular weight is 317 g/mol. The van der Waals surface area contributed by atoms with Crippen LogP contribution in [0.15, 0.2) is 24.1 Å². The van der Waals surface area contributed by atoms with E-state index in [1.807, 2.05) is 19.0 Å². The first-order chi connectivity index (χ1) is 10.6. The van der Waals surface area contributed by atoms with Gasteiger partial charge in [0.25, 0.3) is 5.91 Å². The summed E-state index contributed by atoms with van der Waals surface area (Å²) < 4.78 is 0. The maximum Gasteiger partial charge on any atom is 0.266 e. The van der Waals surface area contributed by atoms with Crippen molar-refractivity contribution in [3.05, 3.63) is 40.4 Å². The Balaban J connectivity index is 1.82. The first-order valence-electron chi connectivity index (χ1n) is 7.30. The third-order valence-electron chi connectivity index (χ3n) is 3.68. The van der Waals surface area contributed by atoms with Crippen molar-refractivity contribution in [3.63, 3.8) is 0 Å². The summed E-state index contributed by atoms with van der Waals surface area (Å²) in [5.74, 6) is 0.0461. The Labute approximate surface area is 133 Å². The normalized spacial score (nSPS) is 18.1. The van der Waals surface area contributed by atoms with Crippen molar-refractivity contribution in [1.29, 1.82) is 0 Å². The molecular formula is C15H19N5OS. The minimum absolute atomic E-state index is 0.0178. The quantitative estimate of drug-likeness (QED) is 0.863. The predicted octanol–water partition coefficient (Wildman–Crippen LogP) is 1.97. The number of hydrogen-bond acceptors (Lipinski definition) is 6. The molecule has 22 heavy (non-hydrogen) atoms. The lowest BCUT2D eigenvalue weighted by molar-refractivity contribution is 0.0737. The fraction of sp³-hybridized carbons (Fsp3) is 0.467. The highest BCUT2D eigenvalue weighted by molar-refractivity contribution is 7.11. The van der Waals surface area contributed by atoms with Crippen LogP contribution in [0.1, 0.15) is 39.9 Å². The molecule has 1 aliphatic heterocycles. The lowest BCUT2D eigenvalue weighted by Crippen LogP contribution is -2.30. The van der Waals surface area contributed by atoms with Crippen molar-refractivity contribution in [3.8, 4) is 0 Å². The van der Waals surface area contributed by atoms with Gasteiger partial charge in [0.2, 0.25) is 0 Å². The van der Waals surface area contributed by atoms with E-state index in [0.717, 1.165) is 37.3 Å². The van der Waals surface area contributed by atoms with Gasteiger partial charge in [-0.1, -0.05) is 0 Å². The zero-order valence-corrected chi connectivity index (χ0v) is 13.6. The summed E-state index contributed by atoms with van der Waals surface area (Å²) in [7, 11) is 4.01. The third kappa shape index (κ3) is 3.15. The van der Waals surface area contributed by atoms with Crippen molar-refractivity contribution in [2.45, 2.75) is 25.4 Å². The van der Waals surface area contributed by atoms with E-state index in [2.05, 4.69) is 14.9 Å². The number of rotatable bonds is 4. The van der Waals surface area contributed by atoms with Crippen LogP contribution in [0.2, 0.25) is 0 Å². The number of hydrogen-bond donors (Lipinski definition) is 0. The topological polar surface area (TPSA) is 62.2 Å². The SMILES string of the molecule is CN(C)Cc1cncc(C2CCCN2C(=O)c2cncs2)n1. The smallest absolute Gasteiger partial charge is 0.266 e. The van der Waals surface area contributed by atoms with Gasteiger partial charge >= 0.3 is 0 Å². The molecule has 1 amide bonds. The first kappa shape index (κ1) is 15.1. The molecule has 0 bridgehead atoms. The molecule has 2 aromatic heterocycles. The van der Waals surface area contributed by atoms with E-state index >= 15 is 0 Å². The van der Waals surface area contributed by atoms with Crippen LogP contribution >= 0.6 is 11.3 Å². The van der Waals surface area contributed by atoms with Crippen LogP contribution < -0.4 is 0 Å². The molecule has 1 fully saturated rings. The van der Waals surface area contributed by atoms with Gasteiger partial charge in [0.15, 0.2) is 0 Å². The van der Waals surface area contributed by atoms with Gasteiger partial charge in [0.1, 0.15) is 4.88 Å². The summed E-state index contributed by atoms with van der Waals surface area (Å²) in [5.41, 5.74) is 3.50. The van der Waals surface area contributed by atoms with Crippen molar-refractivity contribution >= 4 is 17.2 Å². The van der Waals surface area contributed by atoms with Crippen LogP contribution in [-0.2, 0) is 6.54 Å². The molecule has 1 saturated heterocycles. The summed E-state index contributed by atoms with van der Waals surface area (Å²) in [4.78, 5) is 30.2. The maximum atomic E-state index is 12.6. The van der Waals surface area contributed by atoms with Crippen LogP contribution in [-0.4, -0.2) is 51.3 Å². The zero-order chi connectivity index (χ0) is 15.5. The largest absolute Gasteiger partial charge is 0.329 e. The Morgan fingerprint density at radius 3 is 2.95 bits per heavy atom. The van der Waals surface area contributed by atoms with Gasteiger partial charge in [-0.2, -0.15) is 0 Å². The second-order valence-corrected chi connectivity index (χ2v) is 6.58. The molecule has 3 heterocycles. The van der Waals surface area contributed by atoms with E-state index in [0.29, 0.717) is 4.88 Å². The highest BCUT2D eigenvalue weighted by Crippen LogP contribution is 2.32. The Morgan fingerprint density at radius 1 is 1.36 bits per heavy atom. The molecule has 6 nitrogen and oxygen atoms in total. The van der Waals surface area contributed by atoms with E-state index in [1.165, 1.54) is 11.3 Å². The van der Waals surface area contributed by atoms with Crippen molar-refractivity contribution in [2.75, 3.05) is 20.6 Å². The summed E-state index contributed by atoms with van der Waals surface area (Å²) >= 11 is 1.38. The van der Waals surface area contributed by atoms with Gasteiger partial charge in [-0.15, -0.1) is 11.3 Å². The van der Waals surface area contributed by atoms with E-state index in [4.69, 9.17) is 4.98 Å². The standard InChI is InChI=1S/C15H19N5OS/c1-19(2)9-11-6-16-7-12(18-11)13-4-3-5-20(13)15(21)14-8-17-10-22-14/h6-8,10,13H,3-5,9H2,1-2H3. The second-order valence-electron chi connectivity index (χ2n) is 5.70. The number of nitrogens with zero attached hydrogens (tertiary/aromatic N) is 5. The molecule has 0 aliphatic carbocycles.